The van der Waals surface area contributed by atoms with Gasteiger partial charge in [0.1, 0.15) is 0 Å². The Morgan fingerprint density at radius 3 is 1.91 bits per heavy atom. The van der Waals surface area contributed by atoms with Crippen LogP contribution in [0.15, 0.2) is 0 Å². The van der Waals surface area contributed by atoms with Crippen molar-refractivity contribution in [3.63, 3.8) is 0 Å². The SMILES string of the molecule is CNC(=O)SC.COC(N)=O. The highest BCUT2D eigenvalue weighted by molar-refractivity contribution is 8.12. The number of hydrogen-bond donors (Lipinski definition) is 2. The van der Waals surface area contributed by atoms with E-state index in [1.54, 1.807) is 13.3 Å². The van der Waals surface area contributed by atoms with Crippen LogP contribution < -0.4 is 11.1 Å². The summed E-state index contributed by atoms with van der Waals surface area (Å²) in [6, 6.07) is 0. The lowest BCUT2D eigenvalue weighted by Gasteiger charge is -1.86. The molecule has 0 bridgehead atoms. The van der Waals surface area contributed by atoms with Gasteiger partial charge >= 0.3 is 6.09 Å². The second-order valence-corrected chi connectivity index (χ2v) is 2.04. The molecule has 2 amide bonds. The maximum absolute atomic E-state index is 10.0. The molecule has 66 valence electrons. The number of carbonyl (C=O) groups is 2. The number of ether oxygens (including phenoxy) is 1. The molecule has 0 aliphatic carbocycles. The summed E-state index contributed by atoms with van der Waals surface area (Å²) in [5.74, 6) is 0. The van der Waals surface area contributed by atoms with Crippen LogP contribution in [0.4, 0.5) is 9.59 Å². The number of amides is 2. The van der Waals surface area contributed by atoms with Crippen LogP contribution in [0.1, 0.15) is 0 Å². The Morgan fingerprint density at radius 2 is 1.91 bits per heavy atom. The van der Waals surface area contributed by atoms with Gasteiger partial charge < -0.3 is 15.8 Å². The van der Waals surface area contributed by atoms with E-state index in [2.05, 4.69) is 15.8 Å². The number of rotatable bonds is 0. The standard InChI is InChI=1S/C3H7NOS.C2H5NO2/c1-4-3(5)6-2;1-5-2(3)4/h1-2H3,(H,4,5);1H3,(H2,3,4). The van der Waals surface area contributed by atoms with E-state index >= 15 is 0 Å². The lowest BCUT2D eigenvalue weighted by Crippen LogP contribution is -2.09. The third-order valence-electron chi connectivity index (χ3n) is 0.591. The maximum atomic E-state index is 10.0. The third-order valence-corrected chi connectivity index (χ3v) is 1.17. The largest absolute Gasteiger partial charge is 0.453 e. The molecule has 0 radical (unpaired) electrons. The molecule has 3 N–H and O–H groups in total. The van der Waals surface area contributed by atoms with Crippen molar-refractivity contribution < 1.29 is 14.3 Å². The normalized spacial score (nSPS) is 7.18. The predicted octanol–water partition coefficient (Wildman–Crippen LogP) is 0.400. The van der Waals surface area contributed by atoms with Gasteiger partial charge in [-0.3, -0.25) is 4.79 Å². The topological polar surface area (TPSA) is 81.4 Å². The molecule has 0 unspecified atom stereocenters. The van der Waals surface area contributed by atoms with Crippen molar-refractivity contribution in [3.05, 3.63) is 0 Å². The minimum Gasteiger partial charge on any atom is -0.453 e. The number of thioether (sulfide) groups is 1. The molecule has 0 aliphatic heterocycles. The van der Waals surface area contributed by atoms with Gasteiger partial charge in [0, 0.05) is 7.05 Å². The summed E-state index contributed by atoms with van der Waals surface area (Å²) in [5, 5.41) is 2.45. The molecule has 0 saturated carbocycles. The van der Waals surface area contributed by atoms with E-state index in [1.165, 1.54) is 18.9 Å². The zero-order chi connectivity index (χ0) is 9.28. The molecule has 11 heavy (non-hydrogen) atoms. The summed E-state index contributed by atoms with van der Waals surface area (Å²) < 4.78 is 3.89. The highest BCUT2D eigenvalue weighted by Gasteiger charge is 1.85. The van der Waals surface area contributed by atoms with E-state index in [1.807, 2.05) is 0 Å². The first-order valence-electron chi connectivity index (χ1n) is 2.67. The molecule has 0 aliphatic rings. The van der Waals surface area contributed by atoms with Gasteiger partial charge in [-0.05, 0) is 6.26 Å². The van der Waals surface area contributed by atoms with E-state index in [4.69, 9.17) is 0 Å². The fourth-order valence-corrected chi connectivity index (χ4v) is 0.306. The molecule has 5 nitrogen and oxygen atoms in total. The van der Waals surface area contributed by atoms with Crippen LogP contribution in [0.2, 0.25) is 0 Å². The van der Waals surface area contributed by atoms with Crippen LogP contribution in [-0.2, 0) is 4.74 Å². The predicted molar refractivity (Wildman–Crippen MR) is 44.6 cm³/mol. The molecule has 0 aromatic rings. The van der Waals surface area contributed by atoms with E-state index in [0.717, 1.165) is 0 Å². The Kier molecular flexibility index (Phi) is 10.5. The lowest BCUT2D eigenvalue weighted by molar-refractivity contribution is 0.182. The Hall–Kier alpha value is -0.910. The number of methoxy groups -OCH3 is 1. The van der Waals surface area contributed by atoms with Crippen LogP contribution in [0.25, 0.3) is 0 Å². The quantitative estimate of drug-likeness (QED) is 0.565. The highest BCUT2D eigenvalue weighted by atomic mass is 32.2. The van der Waals surface area contributed by atoms with Gasteiger partial charge in [-0.15, -0.1) is 0 Å². The van der Waals surface area contributed by atoms with Crippen molar-refractivity contribution in [1.82, 2.24) is 5.32 Å². The van der Waals surface area contributed by atoms with Crippen molar-refractivity contribution in [1.29, 1.82) is 0 Å². The first-order chi connectivity index (χ1) is 5.08. The number of nitrogens with one attached hydrogen (secondary N) is 1. The molecule has 0 heterocycles. The molecule has 6 heteroatoms. The monoisotopic (exact) mass is 180 g/mol. The van der Waals surface area contributed by atoms with Crippen molar-refractivity contribution in [3.8, 4) is 0 Å². The summed E-state index contributed by atoms with van der Waals surface area (Å²) >= 11 is 1.17. The molecule has 0 rings (SSSR count). The van der Waals surface area contributed by atoms with Gasteiger partial charge in [-0.25, -0.2) is 4.79 Å². The number of carbonyl (C=O) groups excluding carboxylic acids is 2. The maximum Gasteiger partial charge on any atom is 0.404 e. The Bertz CT molecular complexity index is 123. The van der Waals surface area contributed by atoms with Gasteiger partial charge in [0.2, 0.25) is 0 Å². The van der Waals surface area contributed by atoms with Gasteiger partial charge in [-0.1, -0.05) is 11.8 Å². The highest BCUT2D eigenvalue weighted by Crippen LogP contribution is 1.88. The van der Waals surface area contributed by atoms with E-state index in [0.29, 0.717) is 0 Å². The van der Waals surface area contributed by atoms with Crippen LogP contribution >= 0.6 is 11.8 Å². The Morgan fingerprint density at radius 1 is 1.55 bits per heavy atom. The zero-order valence-corrected chi connectivity index (χ0v) is 7.53. The van der Waals surface area contributed by atoms with Crippen LogP contribution in [0.5, 0.6) is 0 Å². The number of primary amides is 1. The van der Waals surface area contributed by atoms with Crippen LogP contribution in [-0.4, -0.2) is 31.7 Å². The second-order valence-electron chi connectivity index (χ2n) is 1.26. The Balaban J connectivity index is 0. The van der Waals surface area contributed by atoms with Gasteiger partial charge in [0.05, 0.1) is 7.11 Å². The first-order valence-corrected chi connectivity index (χ1v) is 3.90. The molecule has 0 spiro atoms. The smallest absolute Gasteiger partial charge is 0.404 e. The summed E-state index contributed by atoms with van der Waals surface area (Å²) in [6.07, 6.45) is 0.990. The lowest BCUT2D eigenvalue weighted by atomic mass is 11.2. The summed E-state index contributed by atoms with van der Waals surface area (Å²) in [7, 11) is 2.83. The summed E-state index contributed by atoms with van der Waals surface area (Å²) in [5.41, 5.74) is 4.43. The van der Waals surface area contributed by atoms with Crippen LogP contribution in [0, 0.1) is 0 Å². The van der Waals surface area contributed by atoms with E-state index in [-0.39, 0.29) is 5.24 Å². The third kappa shape index (κ3) is 17.6. The number of nitrogens with two attached hydrogens (primary N) is 1. The van der Waals surface area contributed by atoms with Crippen molar-refractivity contribution in [2.24, 2.45) is 5.73 Å². The summed E-state index contributed by atoms with van der Waals surface area (Å²) in [4.78, 5) is 19.4. The van der Waals surface area contributed by atoms with Gasteiger partial charge in [0.25, 0.3) is 5.24 Å². The molecule has 0 atom stereocenters. The van der Waals surface area contributed by atoms with E-state index < -0.39 is 6.09 Å². The zero-order valence-electron chi connectivity index (χ0n) is 6.71. The molecular formula is C5H12N2O3S. The fraction of sp³-hybridized carbons (Fsp3) is 0.600. The number of hydrogen-bond acceptors (Lipinski definition) is 4. The van der Waals surface area contributed by atoms with Crippen LogP contribution in [0.3, 0.4) is 0 Å². The van der Waals surface area contributed by atoms with Crippen molar-refractivity contribution >= 4 is 23.1 Å². The molecule has 0 aromatic carbocycles. The second kappa shape index (κ2) is 9.09. The van der Waals surface area contributed by atoms with Crippen molar-refractivity contribution in [2.75, 3.05) is 20.4 Å². The minimum absolute atomic E-state index is 0.00926. The molecular weight excluding hydrogens is 168 g/mol. The van der Waals surface area contributed by atoms with Gasteiger partial charge in [-0.2, -0.15) is 0 Å². The first kappa shape index (κ1) is 12.7. The molecule has 0 saturated heterocycles. The average molecular weight is 180 g/mol. The molecule has 0 aromatic heterocycles. The van der Waals surface area contributed by atoms with Crippen molar-refractivity contribution in [2.45, 2.75) is 0 Å². The average Bonchev–Trinajstić information content (AvgIpc) is 2.04. The van der Waals surface area contributed by atoms with E-state index in [9.17, 15) is 9.59 Å². The van der Waals surface area contributed by atoms with Gasteiger partial charge in [0.15, 0.2) is 0 Å². The Labute approximate surface area is 69.7 Å². The fourth-order valence-electron chi connectivity index (χ4n) is 0.102. The minimum atomic E-state index is -0.745. The summed E-state index contributed by atoms with van der Waals surface area (Å²) in [6.45, 7) is 0. The molecule has 0 fully saturated rings.